The number of rotatable bonds is 6. The van der Waals surface area contributed by atoms with E-state index in [4.69, 9.17) is 49.4 Å². The van der Waals surface area contributed by atoms with Gasteiger partial charge in [0.05, 0.1) is 22.9 Å². The monoisotopic (exact) mass is 483 g/mol. The van der Waals surface area contributed by atoms with Crippen LogP contribution < -0.4 is 5.73 Å². The largest absolute Gasteiger partial charge is 0.481 e. The highest BCUT2D eigenvalue weighted by Crippen LogP contribution is 2.41. The van der Waals surface area contributed by atoms with Crippen LogP contribution in [0.4, 0.5) is 0 Å². The van der Waals surface area contributed by atoms with Crippen LogP contribution in [0.2, 0.25) is 10.0 Å². The predicted octanol–water partition coefficient (Wildman–Crippen LogP) is 3.67. The minimum Gasteiger partial charge on any atom is -0.481 e. The summed E-state index contributed by atoms with van der Waals surface area (Å²) in [7, 11) is 0. The summed E-state index contributed by atoms with van der Waals surface area (Å²) in [6.07, 6.45) is -0.235. The highest BCUT2D eigenvalue weighted by Gasteiger charge is 2.40. The Kier molecular flexibility index (Phi) is 8.63. The predicted molar refractivity (Wildman–Crippen MR) is 118 cm³/mol. The maximum absolute atomic E-state index is 10.3. The van der Waals surface area contributed by atoms with Crippen LogP contribution >= 0.6 is 23.2 Å². The summed E-state index contributed by atoms with van der Waals surface area (Å²) in [4.78, 5) is 30.5. The van der Waals surface area contributed by atoms with E-state index in [-0.39, 0.29) is 6.04 Å². The molecule has 2 aromatic rings. The fraction of sp³-hybridized carbons (Fsp3) is 0.318. The average Bonchev–Trinajstić information content (AvgIpc) is 2.70. The number of carboxylic acids is 3. The third-order valence-corrected chi connectivity index (χ3v) is 5.91. The van der Waals surface area contributed by atoms with Gasteiger partial charge in [-0.1, -0.05) is 53.5 Å². The van der Waals surface area contributed by atoms with E-state index >= 15 is 0 Å². The molecule has 0 radical (unpaired) electrons. The van der Waals surface area contributed by atoms with Gasteiger partial charge >= 0.3 is 17.9 Å². The van der Waals surface area contributed by atoms with Gasteiger partial charge in [0.15, 0.2) is 5.60 Å². The number of fused-ring (bicyclic) bond motifs is 1. The standard InChI is InChI=1S/C16H15Cl2N.C6H8O7/c17-14-7-5-10(9-15(14)18)11-6-8-16(19)13-4-2-1-3-12(11)13;7-3(8)1-6(13,5(11)12)2-4(9)10/h1-5,7,9,11,16H,6,8,19H2;13H,1-2H2,(H,7,8)(H,9,10)(H,11,12)/t11-,16-;/m0./s1. The van der Waals surface area contributed by atoms with E-state index in [1.807, 2.05) is 12.1 Å². The molecule has 0 bridgehead atoms. The summed E-state index contributed by atoms with van der Waals surface area (Å²) in [6.45, 7) is 0. The van der Waals surface area contributed by atoms with Crippen molar-refractivity contribution in [3.8, 4) is 0 Å². The van der Waals surface area contributed by atoms with E-state index in [1.54, 1.807) is 0 Å². The molecule has 1 aliphatic carbocycles. The van der Waals surface area contributed by atoms with Gasteiger partial charge < -0.3 is 26.2 Å². The van der Waals surface area contributed by atoms with E-state index in [2.05, 4.69) is 30.3 Å². The molecular weight excluding hydrogens is 461 g/mol. The Labute approximate surface area is 194 Å². The molecule has 6 N–H and O–H groups in total. The first kappa shape index (κ1) is 25.6. The van der Waals surface area contributed by atoms with Gasteiger partial charge in [0.2, 0.25) is 0 Å². The van der Waals surface area contributed by atoms with E-state index in [0.29, 0.717) is 16.0 Å². The molecule has 2 aromatic carbocycles. The zero-order valence-corrected chi connectivity index (χ0v) is 18.4. The number of aliphatic hydroxyl groups is 1. The molecule has 172 valence electrons. The van der Waals surface area contributed by atoms with Gasteiger partial charge in [-0.3, -0.25) is 9.59 Å². The van der Waals surface area contributed by atoms with Crippen LogP contribution in [0.1, 0.15) is 54.3 Å². The van der Waals surface area contributed by atoms with Crippen molar-refractivity contribution in [1.29, 1.82) is 0 Å². The van der Waals surface area contributed by atoms with Crippen molar-refractivity contribution in [2.24, 2.45) is 5.73 Å². The molecule has 32 heavy (non-hydrogen) atoms. The molecule has 0 saturated carbocycles. The van der Waals surface area contributed by atoms with Crippen LogP contribution in [-0.4, -0.2) is 43.9 Å². The molecule has 0 aliphatic heterocycles. The zero-order valence-electron chi connectivity index (χ0n) is 16.9. The van der Waals surface area contributed by atoms with Crippen LogP contribution in [0.15, 0.2) is 42.5 Å². The highest BCUT2D eigenvalue weighted by molar-refractivity contribution is 6.42. The molecule has 2 atom stereocenters. The van der Waals surface area contributed by atoms with Crippen molar-refractivity contribution >= 4 is 41.1 Å². The highest BCUT2D eigenvalue weighted by atomic mass is 35.5. The molecule has 0 fully saturated rings. The van der Waals surface area contributed by atoms with Gasteiger partial charge in [-0.25, -0.2) is 4.79 Å². The van der Waals surface area contributed by atoms with E-state index < -0.39 is 36.4 Å². The summed E-state index contributed by atoms with van der Waals surface area (Å²) >= 11 is 12.1. The normalized spacial score (nSPS) is 17.5. The van der Waals surface area contributed by atoms with Crippen LogP contribution in [0.3, 0.4) is 0 Å². The lowest BCUT2D eigenvalue weighted by Crippen LogP contribution is -2.42. The molecular formula is C22H23Cl2NO7. The number of halogens is 2. The zero-order chi connectivity index (χ0) is 24.1. The van der Waals surface area contributed by atoms with Crippen molar-refractivity contribution in [2.45, 2.75) is 43.2 Å². The Hall–Kier alpha value is -2.65. The SMILES string of the molecule is N[C@H]1CC[C@@H](c2ccc(Cl)c(Cl)c2)c2ccccc21.O=C(O)CC(O)(CC(=O)O)C(=O)O. The quantitative estimate of drug-likeness (QED) is 0.416. The van der Waals surface area contributed by atoms with Gasteiger partial charge in [0, 0.05) is 12.0 Å². The van der Waals surface area contributed by atoms with Crippen LogP contribution in [0.25, 0.3) is 0 Å². The lowest BCUT2D eigenvalue weighted by Gasteiger charge is -2.30. The molecule has 0 aromatic heterocycles. The van der Waals surface area contributed by atoms with E-state index in [1.165, 1.54) is 16.7 Å². The Morgan fingerprint density at radius 2 is 1.47 bits per heavy atom. The molecule has 3 rings (SSSR count). The van der Waals surface area contributed by atoms with Crippen molar-refractivity contribution in [3.63, 3.8) is 0 Å². The minimum atomic E-state index is -2.74. The molecule has 0 amide bonds. The maximum atomic E-state index is 10.3. The number of nitrogens with two attached hydrogens (primary N) is 1. The topological polar surface area (TPSA) is 158 Å². The lowest BCUT2D eigenvalue weighted by atomic mass is 9.77. The van der Waals surface area contributed by atoms with Crippen molar-refractivity contribution in [1.82, 2.24) is 0 Å². The third-order valence-electron chi connectivity index (χ3n) is 5.17. The minimum absolute atomic E-state index is 0.148. The first-order chi connectivity index (χ1) is 14.9. The summed E-state index contributed by atoms with van der Waals surface area (Å²) < 4.78 is 0. The van der Waals surface area contributed by atoms with Gasteiger partial charge in [-0.15, -0.1) is 0 Å². The van der Waals surface area contributed by atoms with Crippen LogP contribution in [-0.2, 0) is 14.4 Å². The van der Waals surface area contributed by atoms with E-state index in [0.717, 1.165) is 12.8 Å². The molecule has 10 heteroatoms. The van der Waals surface area contributed by atoms with Gasteiger partial charge in [-0.2, -0.15) is 0 Å². The van der Waals surface area contributed by atoms with Gasteiger partial charge in [-0.05, 0) is 41.7 Å². The molecule has 0 heterocycles. The van der Waals surface area contributed by atoms with Gasteiger partial charge in [0.1, 0.15) is 0 Å². The smallest absolute Gasteiger partial charge is 0.336 e. The Morgan fingerprint density at radius 3 is 1.97 bits per heavy atom. The fourth-order valence-corrected chi connectivity index (χ4v) is 3.92. The molecule has 1 aliphatic rings. The van der Waals surface area contributed by atoms with Crippen LogP contribution in [0.5, 0.6) is 0 Å². The second kappa shape index (κ2) is 10.8. The summed E-state index contributed by atoms with van der Waals surface area (Å²) in [5.74, 6) is -4.65. The first-order valence-corrected chi connectivity index (χ1v) is 10.4. The second-order valence-corrected chi connectivity index (χ2v) is 8.33. The van der Waals surface area contributed by atoms with Crippen LogP contribution in [0, 0.1) is 0 Å². The molecule has 0 saturated heterocycles. The Morgan fingerprint density at radius 1 is 0.906 bits per heavy atom. The number of hydrogen-bond donors (Lipinski definition) is 5. The van der Waals surface area contributed by atoms with Crippen molar-refractivity contribution in [2.75, 3.05) is 0 Å². The number of benzene rings is 2. The number of carbonyl (C=O) groups is 3. The number of aliphatic carboxylic acids is 3. The second-order valence-electron chi connectivity index (χ2n) is 7.52. The number of carboxylic acid groups (broad SMARTS) is 3. The van der Waals surface area contributed by atoms with E-state index in [9.17, 15) is 14.4 Å². The Bertz CT molecular complexity index is 996. The molecule has 8 nitrogen and oxygen atoms in total. The summed E-state index contributed by atoms with van der Waals surface area (Å²) in [5, 5.41) is 35.0. The van der Waals surface area contributed by atoms with Crippen molar-refractivity contribution in [3.05, 3.63) is 69.2 Å². The third kappa shape index (κ3) is 6.43. The lowest BCUT2D eigenvalue weighted by molar-refractivity contribution is -0.170. The average molecular weight is 484 g/mol. The molecule has 0 unspecified atom stereocenters. The fourth-order valence-electron chi connectivity index (χ4n) is 3.61. The molecule has 0 spiro atoms. The maximum Gasteiger partial charge on any atom is 0.336 e. The number of hydrogen-bond acceptors (Lipinski definition) is 5. The van der Waals surface area contributed by atoms with Gasteiger partial charge in [0.25, 0.3) is 0 Å². The van der Waals surface area contributed by atoms with Crippen molar-refractivity contribution < 1.29 is 34.8 Å². The summed E-state index contributed by atoms with van der Waals surface area (Å²) in [6, 6.07) is 14.5. The Balaban J connectivity index is 0.000000247. The summed E-state index contributed by atoms with van der Waals surface area (Å²) in [5.41, 5.74) is 7.25. The first-order valence-electron chi connectivity index (χ1n) is 9.63.